The second-order valence-corrected chi connectivity index (χ2v) is 5.38. The second kappa shape index (κ2) is 5.10. The van der Waals surface area contributed by atoms with Crippen molar-refractivity contribution in [3.05, 3.63) is 29.3 Å². The Morgan fingerprint density at radius 2 is 2.10 bits per heavy atom. The molecule has 0 atom stereocenters. The van der Waals surface area contributed by atoms with Crippen LogP contribution >= 0.6 is 22.9 Å². The van der Waals surface area contributed by atoms with Crippen LogP contribution in [-0.2, 0) is 0 Å². The minimum absolute atomic E-state index is 0.135. The number of rotatable bonds is 3. The van der Waals surface area contributed by atoms with Crippen molar-refractivity contribution in [1.82, 2.24) is 15.0 Å². The average molecular weight is 308 g/mol. The summed E-state index contributed by atoms with van der Waals surface area (Å²) in [6.45, 7) is 0. The van der Waals surface area contributed by atoms with Crippen molar-refractivity contribution in [2.75, 3.05) is 18.2 Å². The maximum atomic E-state index is 5.95. The number of thiazole rings is 1. The monoisotopic (exact) mass is 307 g/mol. The highest BCUT2D eigenvalue weighted by Crippen LogP contribution is 2.30. The maximum Gasteiger partial charge on any atom is 0.225 e. The first-order valence-corrected chi connectivity index (χ1v) is 6.85. The SMILES string of the molecule is COc1cc(Nc2nc3ccc(Cl)cc3s2)nc(N)n1. The second-order valence-electron chi connectivity index (χ2n) is 3.91. The third-order valence-corrected chi connectivity index (χ3v) is 3.68. The molecule has 0 fully saturated rings. The summed E-state index contributed by atoms with van der Waals surface area (Å²) in [6.07, 6.45) is 0. The van der Waals surface area contributed by atoms with E-state index in [1.165, 1.54) is 18.4 Å². The van der Waals surface area contributed by atoms with Gasteiger partial charge >= 0.3 is 0 Å². The molecule has 0 unspecified atom stereocenters. The fraction of sp³-hybridized carbons (Fsp3) is 0.0833. The van der Waals surface area contributed by atoms with Crippen molar-refractivity contribution < 1.29 is 4.74 Å². The number of ether oxygens (including phenoxy) is 1. The van der Waals surface area contributed by atoms with Gasteiger partial charge in [0.05, 0.1) is 17.3 Å². The summed E-state index contributed by atoms with van der Waals surface area (Å²) < 4.78 is 6.04. The molecule has 0 bridgehead atoms. The van der Waals surface area contributed by atoms with Gasteiger partial charge in [-0.25, -0.2) is 4.98 Å². The molecule has 2 aromatic heterocycles. The molecule has 0 aliphatic heterocycles. The third-order valence-electron chi connectivity index (χ3n) is 2.51. The Balaban J connectivity index is 1.94. The van der Waals surface area contributed by atoms with Gasteiger partial charge in [-0.1, -0.05) is 22.9 Å². The number of benzene rings is 1. The van der Waals surface area contributed by atoms with Crippen molar-refractivity contribution in [1.29, 1.82) is 0 Å². The van der Waals surface area contributed by atoms with Crippen LogP contribution in [-0.4, -0.2) is 22.1 Å². The van der Waals surface area contributed by atoms with Gasteiger partial charge in [0, 0.05) is 11.1 Å². The Hall–Kier alpha value is -2.12. The van der Waals surface area contributed by atoms with E-state index in [2.05, 4.69) is 20.3 Å². The first kappa shape index (κ1) is 12.9. The van der Waals surface area contributed by atoms with Crippen molar-refractivity contribution in [3.63, 3.8) is 0 Å². The van der Waals surface area contributed by atoms with Crippen LogP contribution in [0.25, 0.3) is 10.2 Å². The lowest BCUT2D eigenvalue weighted by molar-refractivity contribution is 0.398. The molecule has 3 aromatic rings. The Labute approximate surface area is 123 Å². The number of halogens is 1. The standard InChI is InChI=1S/C12H10ClN5OS/c1-19-10-5-9(16-11(14)18-10)17-12-15-7-3-2-6(13)4-8(7)20-12/h2-5H,1H3,(H3,14,15,16,17,18). The molecule has 0 saturated carbocycles. The molecule has 0 aliphatic carbocycles. The smallest absolute Gasteiger partial charge is 0.225 e. The summed E-state index contributed by atoms with van der Waals surface area (Å²) in [5.74, 6) is 1.06. The number of anilines is 3. The van der Waals surface area contributed by atoms with E-state index >= 15 is 0 Å². The molecule has 3 N–H and O–H groups in total. The molecule has 0 amide bonds. The van der Waals surface area contributed by atoms with Gasteiger partial charge in [-0.2, -0.15) is 9.97 Å². The van der Waals surface area contributed by atoms with Crippen LogP contribution in [0.3, 0.4) is 0 Å². The predicted octanol–water partition coefficient (Wildman–Crippen LogP) is 3.07. The van der Waals surface area contributed by atoms with Gasteiger partial charge in [-0.05, 0) is 18.2 Å². The van der Waals surface area contributed by atoms with Crippen LogP contribution in [0.15, 0.2) is 24.3 Å². The van der Waals surface area contributed by atoms with E-state index < -0.39 is 0 Å². The zero-order chi connectivity index (χ0) is 14.1. The van der Waals surface area contributed by atoms with Gasteiger partial charge in [-0.15, -0.1) is 0 Å². The largest absolute Gasteiger partial charge is 0.481 e. The summed E-state index contributed by atoms with van der Waals surface area (Å²) in [7, 11) is 1.52. The first-order valence-electron chi connectivity index (χ1n) is 5.66. The van der Waals surface area contributed by atoms with E-state index in [1.54, 1.807) is 12.1 Å². The normalized spacial score (nSPS) is 10.7. The number of fused-ring (bicyclic) bond motifs is 1. The van der Waals surface area contributed by atoms with E-state index in [4.69, 9.17) is 22.1 Å². The number of methoxy groups -OCH3 is 1. The third kappa shape index (κ3) is 2.59. The van der Waals surface area contributed by atoms with E-state index in [0.717, 1.165) is 10.2 Å². The highest BCUT2D eigenvalue weighted by Gasteiger charge is 2.07. The molecule has 6 nitrogen and oxygen atoms in total. The zero-order valence-electron chi connectivity index (χ0n) is 10.4. The lowest BCUT2D eigenvalue weighted by Crippen LogP contribution is -2.01. The highest BCUT2D eigenvalue weighted by molar-refractivity contribution is 7.22. The number of nitrogens with one attached hydrogen (secondary N) is 1. The Morgan fingerprint density at radius 1 is 1.25 bits per heavy atom. The average Bonchev–Trinajstić information content (AvgIpc) is 2.79. The summed E-state index contributed by atoms with van der Waals surface area (Å²) in [5.41, 5.74) is 6.48. The van der Waals surface area contributed by atoms with Gasteiger partial charge < -0.3 is 15.8 Å². The summed E-state index contributed by atoms with van der Waals surface area (Å²) in [4.78, 5) is 12.4. The van der Waals surface area contributed by atoms with Gasteiger partial charge in [0.2, 0.25) is 11.8 Å². The molecule has 0 aliphatic rings. The van der Waals surface area contributed by atoms with Crippen molar-refractivity contribution >= 4 is 50.1 Å². The van der Waals surface area contributed by atoms with E-state index in [9.17, 15) is 0 Å². The molecule has 102 valence electrons. The lowest BCUT2D eigenvalue weighted by atomic mass is 10.3. The molecule has 0 spiro atoms. The number of nitrogens with two attached hydrogens (primary N) is 1. The van der Waals surface area contributed by atoms with Crippen LogP contribution < -0.4 is 15.8 Å². The predicted molar refractivity (Wildman–Crippen MR) is 80.9 cm³/mol. The van der Waals surface area contributed by atoms with Crippen LogP contribution in [0.5, 0.6) is 5.88 Å². The molecule has 8 heteroatoms. The van der Waals surface area contributed by atoms with Gasteiger partial charge in [0.25, 0.3) is 0 Å². The van der Waals surface area contributed by atoms with Crippen LogP contribution in [0, 0.1) is 0 Å². The van der Waals surface area contributed by atoms with E-state index in [0.29, 0.717) is 21.9 Å². The molecular weight excluding hydrogens is 298 g/mol. The van der Waals surface area contributed by atoms with Gasteiger partial charge in [0.1, 0.15) is 5.82 Å². The molecule has 20 heavy (non-hydrogen) atoms. The molecule has 1 aromatic carbocycles. The van der Waals surface area contributed by atoms with Crippen LogP contribution in [0.4, 0.5) is 16.9 Å². The summed E-state index contributed by atoms with van der Waals surface area (Å²) in [6, 6.07) is 7.19. The molecule has 3 rings (SSSR count). The number of nitrogens with zero attached hydrogens (tertiary/aromatic N) is 3. The van der Waals surface area contributed by atoms with E-state index in [1.807, 2.05) is 12.1 Å². The maximum absolute atomic E-state index is 5.95. The number of hydrogen-bond acceptors (Lipinski definition) is 7. The first-order chi connectivity index (χ1) is 9.64. The van der Waals surface area contributed by atoms with E-state index in [-0.39, 0.29) is 5.95 Å². The van der Waals surface area contributed by atoms with Crippen LogP contribution in [0.2, 0.25) is 5.02 Å². The van der Waals surface area contributed by atoms with Gasteiger partial charge in [-0.3, -0.25) is 0 Å². The summed E-state index contributed by atoms with van der Waals surface area (Å²) >= 11 is 7.43. The minimum atomic E-state index is 0.135. The number of aromatic nitrogens is 3. The Kier molecular flexibility index (Phi) is 3.29. The van der Waals surface area contributed by atoms with Crippen molar-refractivity contribution in [2.45, 2.75) is 0 Å². The summed E-state index contributed by atoms with van der Waals surface area (Å²) in [5, 5.41) is 4.46. The minimum Gasteiger partial charge on any atom is -0.481 e. The number of nitrogen functional groups attached to an aromatic ring is 1. The quantitative estimate of drug-likeness (QED) is 0.773. The molecule has 0 saturated heterocycles. The molecule has 2 heterocycles. The van der Waals surface area contributed by atoms with Crippen molar-refractivity contribution in [3.8, 4) is 5.88 Å². The highest BCUT2D eigenvalue weighted by atomic mass is 35.5. The molecular formula is C12H10ClN5OS. The zero-order valence-corrected chi connectivity index (χ0v) is 12.0. The fourth-order valence-corrected chi connectivity index (χ4v) is 2.82. The number of hydrogen-bond donors (Lipinski definition) is 2. The Bertz CT molecular complexity index is 776. The lowest BCUT2D eigenvalue weighted by Gasteiger charge is -2.04. The van der Waals surface area contributed by atoms with Gasteiger partial charge in [0.15, 0.2) is 5.13 Å². The fourth-order valence-electron chi connectivity index (χ4n) is 1.67. The Morgan fingerprint density at radius 3 is 2.90 bits per heavy atom. The van der Waals surface area contributed by atoms with Crippen molar-refractivity contribution in [2.24, 2.45) is 0 Å². The molecule has 0 radical (unpaired) electrons. The van der Waals surface area contributed by atoms with Crippen LogP contribution in [0.1, 0.15) is 0 Å². The topological polar surface area (TPSA) is 86.0 Å².